The van der Waals surface area contributed by atoms with Gasteiger partial charge in [-0.2, -0.15) is 0 Å². The molecule has 106 valence electrons. The molecule has 2 unspecified atom stereocenters. The molecule has 2 rings (SSSR count). The van der Waals surface area contributed by atoms with E-state index in [1.807, 2.05) is 6.20 Å². The van der Waals surface area contributed by atoms with Gasteiger partial charge in [0.25, 0.3) is 0 Å². The lowest BCUT2D eigenvalue weighted by molar-refractivity contribution is 0.254. The van der Waals surface area contributed by atoms with Gasteiger partial charge in [0.1, 0.15) is 5.82 Å². The lowest BCUT2D eigenvalue weighted by Crippen LogP contribution is -2.35. The molecule has 1 aromatic rings. The van der Waals surface area contributed by atoms with E-state index < -0.39 is 0 Å². The van der Waals surface area contributed by atoms with Crippen molar-refractivity contribution in [3.63, 3.8) is 0 Å². The van der Waals surface area contributed by atoms with E-state index >= 15 is 0 Å². The Morgan fingerprint density at radius 1 is 1.32 bits per heavy atom. The third-order valence-electron chi connectivity index (χ3n) is 4.15. The first kappa shape index (κ1) is 14.2. The zero-order valence-electron chi connectivity index (χ0n) is 12.4. The average molecular weight is 261 g/mol. The second-order valence-corrected chi connectivity index (χ2v) is 5.90. The molecular formula is C16H27N3. The molecule has 0 aliphatic heterocycles. The van der Waals surface area contributed by atoms with Crippen molar-refractivity contribution in [1.29, 1.82) is 0 Å². The molecule has 1 fully saturated rings. The number of hydrogen-bond acceptors (Lipinski definition) is 3. The SMILES string of the molecule is CCNc1cc(NC2CCCCC2C(C)C)ccn1. The zero-order chi connectivity index (χ0) is 13.7. The van der Waals surface area contributed by atoms with Crippen molar-refractivity contribution >= 4 is 11.5 Å². The Morgan fingerprint density at radius 3 is 2.84 bits per heavy atom. The van der Waals surface area contributed by atoms with Gasteiger partial charge < -0.3 is 10.6 Å². The van der Waals surface area contributed by atoms with Crippen LogP contribution in [-0.2, 0) is 0 Å². The van der Waals surface area contributed by atoms with Crippen LogP contribution in [0.1, 0.15) is 46.5 Å². The Bertz CT molecular complexity index is 389. The van der Waals surface area contributed by atoms with Crippen molar-refractivity contribution in [2.75, 3.05) is 17.2 Å². The fourth-order valence-electron chi connectivity index (χ4n) is 3.15. The Hall–Kier alpha value is -1.25. The fraction of sp³-hybridized carbons (Fsp3) is 0.688. The van der Waals surface area contributed by atoms with Crippen molar-refractivity contribution < 1.29 is 0 Å². The predicted octanol–water partition coefficient (Wildman–Crippen LogP) is 4.14. The van der Waals surface area contributed by atoms with E-state index in [0.717, 1.165) is 24.2 Å². The minimum absolute atomic E-state index is 0.616. The van der Waals surface area contributed by atoms with Crippen molar-refractivity contribution in [3.05, 3.63) is 18.3 Å². The van der Waals surface area contributed by atoms with Gasteiger partial charge in [-0.3, -0.25) is 0 Å². The van der Waals surface area contributed by atoms with Crippen LogP contribution in [0.15, 0.2) is 18.3 Å². The number of anilines is 2. The molecule has 3 nitrogen and oxygen atoms in total. The van der Waals surface area contributed by atoms with Crippen molar-refractivity contribution in [1.82, 2.24) is 4.98 Å². The Morgan fingerprint density at radius 2 is 2.11 bits per heavy atom. The second kappa shape index (κ2) is 6.78. The first-order valence-electron chi connectivity index (χ1n) is 7.67. The van der Waals surface area contributed by atoms with Crippen molar-refractivity contribution in [2.24, 2.45) is 11.8 Å². The standard InChI is InChI=1S/C16H27N3/c1-4-17-16-11-13(9-10-18-16)19-15-8-6-5-7-14(15)12(2)3/h9-12,14-15H,4-8H2,1-3H3,(H2,17,18,19). The molecule has 3 heteroatoms. The lowest BCUT2D eigenvalue weighted by Gasteiger charge is -2.35. The van der Waals surface area contributed by atoms with E-state index in [-0.39, 0.29) is 0 Å². The monoisotopic (exact) mass is 261 g/mol. The van der Waals surface area contributed by atoms with Crippen LogP contribution in [-0.4, -0.2) is 17.6 Å². The summed E-state index contributed by atoms with van der Waals surface area (Å²) in [6.45, 7) is 7.70. The summed E-state index contributed by atoms with van der Waals surface area (Å²) in [5.41, 5.74) is 1.20. The van der Waals surface area contributed by atoms with E-state index in [2.05, 4.69) is 48.5 Å². The van der Waals surface area contributed by atoms with Gasteiger partial charge in [0, 0.05) is 30.5 Å². The van der Waals surface area contributed by atoms with E-state index in [0.29, 0.717) is 6.04 Å². The molecule has 1 aliphatic rings. The summed E-state index contributed by atoms with van der Waals surface area (Å²) in [5.74, 6) is 2.52. The van der Waals surface area contributed by atoms with E-state index in [1.165, 1.54) is 31.4 Å². The van der Waals surface area contributed by atoms with Crippen LogP contribution in [0, 0.1) is 11.8 Å². The molecule has 1 aromatic heterocycles. The Balaban J connectivity index is 2.04. The largest absolute Gasteiger partial charge is 0.382 e. The number of rotatable bonds is 5. The summed E-state index contributed by atoms with van der Waals surface area (Å²) in [6.07, 6.45) is 7.28. The van der Waals surface area contributed by atoms with Gasteiger partial charge in [-0.15, -0.1) is 0 Å². The molecule has 1 aliphatic carbocycles. The number of hydrogen-bond donors (Lipinski definition) is 2. The van der Waals surface area contributed by atoms with E-state index in [9.17, 15) is 0 Å². The average Bonchev–Trinajstić information content (AvgIpc) is 2.40. The van der Waals surface area contributed by atoms with Crippen LogP contribution in [0.2, 0.25) is 0 Å². The molecule has 0 saturated heterocycles. The summed E-state index contributed by atoms with van der Waals surface area (Å²) < 4.78 is 0. The molecule has 2 N–H and O–H groups in total. The third-order valence-corrected chi connectivity index (χ3v) is 4.15. The topological polar surface area (TPSA) is 37.0 Å². The molecular weight excluding hydrogens is 234 g/mol. The summed E-state index contributed by atoms with van der Waals surface area (Å²) in [7, 11) is 0. The molecule has 0 bridgehead atoms. The Kier molecular flexibility index (Phi) is 5.06. The number of nitrogens with zero attached hydrogens (tertiary/aromatic N) is 1. The van der Waals surface area contributed by atoms with Crippen molar-refractivity contribution in [3.8, 4) is 0 Å². The highest BCUT2D eigenvalue weighted by Gasteiger charge is 2.27. The lowest BCUT2D eigenvalue weighted by atomic mass is 9.78. The first-order chi connectivity index (χ1) is 9.20. The van der Waals surface area contributed by atoms with Gasteiger partial charge in [0.05, 0.1) is 0 Å². The highest BCUT2D eigenvalue weighted by Crippen LogP contribution is 2.32. The van der Waals surface area contributed by atoms with Gasteiger partial charge in [-0.1, -0.05) is 26.7 Å². The quantitative estimate of drug-likeness (QED) is 0.836. The van der Waals surface area contributed by atoms with Crippen LogP contribution >= 0.6 is 0 Å². The molecule has 0 radical (unpaired) electrons. The predicted molar refractivity (Wildman–Crippen MR) is 82.6 cm³/mol. The normalized spacial score (nSPS) is 23.4. The zero-order valence-corrected chi connectivity index (χ0v) is 12.4. The minimum atomic E-state index is 0.616. The maximum absolute atomic E-state index is 4.33. The third kappa shape index (κ3) is 3.85. The number of aromatic nitrogens is 1. The summed E-state index contributed by atoms with van der Waals surface area (Å²) in [6, 6.07) is 4.81. The maximum atomic E-state index is 4.33. The van der Waals surface area contributed by atoms with Gasteiger partial charge in [0.15, 0.2) is 0 Å². The van der Waals surface area contributed by atoms with Crippen LogP contribution in [0.3, 0.4) is 0 Å². The molecule has 1 saturated carbocycles. The number of nitrogens with one attached hydrogen (secondary N) is 2. The molecule has 0 aromatic carbocycles. The highest BCUT2D eigenvalue weighted by atomic mass is 15.0. The Labute approximate surface area is 117 Å². The summed E-state index contributed by atoms with van der Waals surface area (Å²) in [5, 5.41) is 7.00. The van der Waals surface area contributed by atoms with Crippen LogP contribution in [0.25, 0.3) is 0 Å². The number of pyridine rings is 1. The smallest absolute Gasteiger partial charge is 0.127 e. The van der Waals surface area contributed by atoms with E-state index in [1.54, 1.807) is 0 Å². The highest BCUT2D eigenvalue weighted by molar-refractivity contribution is 5.52. The first-order valence-corrected chi connectivity index (χ1v) is 7.67. The van der Waals surface area contributed by atoms with Crippen LogP contribution < -0.4 is 10.6 Å². The molecule has 2 atom stereocenters. The minimum Gasteiger partial charge on any atom is -0.382 e. The van der Waals surface area contributed by atoms with Crippen LogP contribution in [0.5, 0.6) is 0 Å². The molecule has 0 amide bonds. The van der Waals surface area contributed by atoms with Gasteiger partial charge in [0.2, 0.25) is 0 Å². The van der Waals surface area contributed by atoms with Crippen LogP contribution in [0.4, 0.5) is 11.5 Å². The maximum Gasteiger partial charge on any atom is 0.127 e. The molecule has 1 heterocycles. The molecule has 0 spiro atoms. The van der Waals surface area contributed by atoms with Gasteiger partial charge >= 0.3 is 0 Å². The summed E-state index contributed by atoms with van der Waals surface area (Å²) >= 11 is 0. The van der Waals surface area contributed by atoms with Crippen molar-refractivity contribution in [2.45, 2.75) is 52.5 Å². The summed E-state index contributed by atoms with van der Waals surface area (Å²) in [4.78, 5) is 4.33. The van der Waals surface area contributed by atoms with Gasteiger partial charge in [-0.25, -0.2) is 4.98 Å². The fourth-order valence-corrected chi connectivity index (χ4v) is 3.15. The van der Waals surface area contributed by atoms with E-state index in [4.69, 9.17) is 0 Å². The van der Waals surface area contributed by atoms with Gasteiger partial charge in [-0.05, 0) is 37.7 Å². The second-order valence-electron chi connectivity index (χ2n) is 5.90. The molecule has 19 heavy (non-hydrogen) atoms.